The molecule has 1 amide bonds. The summed E-state index contributed by atoms with van der Waals surface area (Å²) < 4.78 is 5.43. The number of carbonyl (C=O) groups excluding carboxylic acids is 1. The number of rotatable bonds is 7. The van der Waals surface area contributed by atoms with E-state index in [1.165, 1.54) is 32.1 Å². The summed E-state index contributed by atoms with van der Waals surface area (Å²) in [7, 11) is 0. The summed E-state index contributed by atoms with van der Waals surface area (Å²) in [6, 6.07) is 9.75. The van der Waals surface area contributed by atoms with Crippen molar-refractivity contribution in [2.75, 3.05) is 41.8 Å². The lowest BCUT2D eigenvalue weighted by Crippen LogP contribution is -2.36. The average molecular weight is 424 g/mol. The Labute approximate surface area is 184 Å². The molecule has 166 valence electrons. The molecule has 2 aromatic rings. The molecular formula is C24H33N5O2. The molecule has 1 saturated carbocycles. The molecule has 0 unspecified atom stereocenters. The van der Waals surface area contributed by atoms with Gasteiger partial charge in [0.2, 0.25) is 5.91 Å². The molecule has 0 radical (unpaired) electrons. The lowest BCUT2D eigenvalue weighted by molar-refractivity contribution is -0.116. The van der Waals surface area contributed by atoms with Crippen LogP contribution in [-0.2, 0) is 9.53 Å². The molecule has 0 atom stereocenters. The Kier molecular flexibility index (Phi) is 7.35. The molecule has 2 fully saturated rings. The van der Waals surface area contributed by atoms with E-state index in [0.717, 1.165) is 67.5 Å². The third kappa shape index (κ3) is 6.40. The van der Waals surface area contributed by atoms with Gasteiger partial charge in [-0.2, -0.15) is 0 Å². The van der Waals surface area contributed by atoms with Gasteiger partial charge in [0, 0.05) is 37.0 Å². The van der Waals surface area contributed by atoms with Crippen LogP contribution in [0.5, 0.6) is 0 Å². The van der Waals surface area contributed by atoms with Gasteiger partial charge in [0.1, 0.15) is 17.5 Å². The van der Waals surface area contributed by atoms with Crippen molar-refractivity contribution < 1.29 is 9.53 Å². The normalized spacial score (nSPS) is 17.4. The van der Waals surface area contributed by atoms with Crippen molar-refractivity contribution in [1.29, 1.82) is 0 Å². The molecular weight excluding hydrogens is 390 g/mol. The highest BCUT2D eigenvalue weighted by atomic mass is 16.5. The second-order valence-electron chi connectivity index (χ2n) is 8.55. The first kappa shape index (κ1) is 21.6. The van der Waals surface area contributed by atoms with Gasteiger partial charge in [-0.25, -0.2) is 9.97 Å². The van der Waals surface area contributed by atoms with Crippen molar-refractivity contribution in [3.05, 3.63) is 36.2 Å². The molecule has 2 aliphatic rings. The monoisotopic (exact) mass is 423 g/mol. The van der Waals surface area contributed by atoms with Crippen LogP contribution in [0.3, 0.4) is 0 Å². The molecule has 7 nitrogen and oxygen atoms in total. The van der Waals surface area contributed by atoms with E-state index in [1.807, 2.05) is 37.3 Å². The first-order valence-electron chi connectivity index (χ1n) is 11.5. The van der Waals surface area contributed by atoms with E-state index in [2.05, 4.69) is 25.5 Å². The van der Waals surface area contributed by atoms with E-state index in [4.69, 9.17) is 4.74 Å². The predicted octanol–water partition coefficient (Wildman–Crippen LogP) is 4.66. The second-order valence-corrected chi connectivity index (χ2v) is 8.55. The Morgan fingerprint density at radius 1 is 1.06 bits per heavy atom. The van der Waals surface area contributed by atoms with E-state index in [9.17, 15) is 4.79 Å². The fourth-order valence-corrected chi connectivity index (χ4v) is 4.39. The van der Waals surface area contributed by atoms with E-state index in [1.54, 1.807) is 0 Å². The molecule has 7 heteroatoms. The SMILES string of the molecule is Cc1nc(Nc2ccc(NC(=O)CCC3CCCCC3)cc2)cc(N2CCOCC2)n1. The van der Waals surface area contributed by atoms with Gasteiger partial charge in [-0.05, 0) is 43.5 Å². The van der Waals surface area contributed by atoms with Crippen LogP contribution in [0.15, 0.2) is 30.3 Å². The summed E-state index contributed by atoms with van der Waals surface area (Å²) in [5.41, 5.74) is 1.75. The Morgan fingerprint density at radius 3 is 2.52 bits per heavy atom. The molecule has 0 bridgehead atoms. The number of anilines is 4. The number of morpholine rings is 1. The smallest absolute Gasteiger partial charge is 0.224 e. The summed E-state index contributed by atoms with van der Waals surface area (Å²) in [6.07, 6.45) is 8.17. The van der Waals surface area contributed by atoms with E-state index >= 15 is 0 Å². The Morgan fingerprint density at radius 2 is 1.77 bits per heavy atom. The van der Waals surface area contributed by atoms with Crippen molar-refractivity contribution in [1.82, 2.24) is 9.97 Å². The van der Waals surface area contributed by atoms with Gasteiger partial charge in [0.05, 0.1) is 13.2 Å². The number of nitrogens with zero attached hydrogens (tertiary/aromatic N) is 3. The molecule has 0 spiro atoms. The molecule has 1 aromatic carbocycles. The number of amides is 1. The van der Waals surface area contributed by atoms with Crippen molar-refractivity contribution in [3.8, 4) is 0 Å². The third-order valence-corrected chi connectivity index (χ3v) is 6.10. The number of hydrogen-bond acceptors (Lipinski definition) is 6. The molecule has 2 N–H and O–H groups in total. The van der Waals surface area contributed by atoms with Crippen LogP contribution in [0.25, 0.3) is 0 Å². The second kappa shape index (κ2) is 10.6. The van der Waals surface area contributed by atoms with Crippen molar-refractivity contribution in [2.24, 2.45) is 5.92 Å². The van der Waals surface area contributed by atoms with E-state index < -0.39 is 0 Å². The molecule has 1 saturated heterocycles. The number of aromatic nitrogens is 2. The van der Waals surface area contributed by atoms with Gasteiger partial charge >= 0.3 is 0 Å². The molecule has 1 aromatic heterocycles. The van der Waals surface area contributed by atoms with Crippen LogP contribution in [-0.4, -0.2) is 42.2 Å². The van der Waals surface area contributed by atoms with Crippen molar-refractivity contribution in [2.45, 2.75) is 51.9 Å². The Bertz CT molecular complexity index is 859. The van der Waals surface area contributed by atoms with Gasteiger partial charge < -0.3 is 20.3 Å². The number of carbonyl (C=O) groups is 1. The van der Waals surface area contributed by atoms with Crippen LogP contribution < -0.4 is 15.5 Å². The Hall–Kier alpha value is -2.67. The first-order chi connectivity index (χ1) is 15.2. The fraction of sp³-hybridized carbons (Fsp3) is 0.542. The minimum atomic E-state index is 0.105. The zero-order valence-electron chi connectivity index (χ0n) is 18.4. The standard InChI is InChI=1S/C24H33N5O2/c1-18-25-22(17-23(26-18)29-13-15-31-16-14-29)27-20-8-10-21(11-9-20)28-24(30)12-7-19-5-3-2-4-6-19/h8-11,17,19H,2-7,12-16H2,1H3,(H,28,30)(H,25,26,27). The number of nitrogens with one attached hydrogen (secondary N) is 2. The van der Waals surface area contributed by atoms with Crippen molar-refractivity contribution >= 4 is 28.9 Å². The fourth-order valence-electron chi connectivity index (χ4n) is 4.39. The van der Waals surface area contributed by atoms with E-state index in [0.29, 0.717) is 6.42 Å². The van der Waals surface area contributed by atoms with Gasteiger partial charge in [0.15, 0.2) is 0 Å². The van der Waals surface area contributed by atoms with Crippen LogP contribution in [0.4, 0.5) is 23.0 Å². The minimum Gasteiger partial charge on any atom is -0.378 e. The van der Waals surface area contributed by atoms with Crippen LogP contribution in [0, 0.1) is 12.8 Å². The number of hydrogen-bond donors (Lipinski definition) is 2. The lowest BCUT2D eigenvalue weighted by atomic mass is 9.86. The maximum absolute atomic E-state index is 12.3. The Balaban J connectivity index is 1.31. The highest BCUT2D eigenvalue weighted by Gasteiger charge is 2.16. The number of aryl methyl sites for hydroxylation is 1. The molecule has 2 heterocycles. The third-order valence-electron chi connectivity index (χ3n) is 6.10. The first-order valence-corrected chi connectivity index (χ1v) is 11.5. The topological polar surface area (TPSA) is 79.4 Å². The quantitative estimate of drug-likeness (QED) is 0.674. The predicted molar refractivity (Wildman–Crippen MR) is 124 cm³/mol. The molecule has 1 aliphatic carbocycles. The highest BCUT2D eigenvalue weighted by Crippen LogP contribution is 2.27. The minimum absolute atomic E-state index is 0.105. The molecule has 1 aliphatic heterocycles. The maximum atomic E-state index is 12.3. The summed E-state index contributed by atoms with van der Waals surface area (Å²) in [6.45, 7) is 5.02. The molecule has 31 heavy (non-hydrogen) atoms. The van der Waals surface area contributed by atoms with Gasteiger partial charge in [0.25, 0.3) is 0 Å². The number of benzene rings is 1. The summed E-state index contributed by atoms with van der Waals surface area (Å²) in [5, 5.41) is 6.37. The summed E-state index contributed by atoms with van der Waals surface area (Å²) in [4.78, 5) is 23.6. The zero-order valence-corrected chi connectivity index (χ0v) is 18.4. The highest BCUT2D eigenvalue weighted by molar-refractivity contribution is 5.90. The van der Waals surface area contributed by atoms with Crippen LogP contribution in [0.1, 0.15) is 50.8 Å². The van der Waals surface area contributed by atoms with E-state index in [-0.39, 0.29) is 5.91 Å². The zero-order chi connectivity index (χ0) is 21.5. The van der Waals surface area contributed by atoms with Gasteiger partial charge in [-0.15, -0.1) is 0 Å². The van der Waals surface area contributed by atoms with Crippen molar-refractivity contribution in [3.63, 3.8) is 0 Å². The maximum Gasteiger partial charge on any atom is 0.224 e. The van der Waals surface area contributed by atoms with Gasteiger partial charge in [-0.3, -0.25) is 4.79 Å². The average Bonchev–Trinajstić information content (AvgIpc) is 2.80. The summed E-state index contributed by atoms with van der Waals surface area (Å²) in [5.74, 6) is 3.24. The lowest BCUT2D eigenvalue weighted by Gasteiger charge is -2.28. The number of ether oxygens (including phenoxy) is 1. The summed E-state index contributed by atoms with van der Waals surface area (Å²) >= 11 is 0. The largest absolute Gasteiger partial charge is 0.378 e. The van der Waals surface area contributed by atoms with Crippen LogP contribution >= 0.6 is 0 Å². The molecule has 4 rings (SSSR count). The van der Waals surface area contributed by atoms with Gasteiger partial charge in [-0.1, -0.05) is 32.1 Å². The van der Waals surface area contributed by atoms with Crippen LogP contribution in [0.2, 0.25) is 0 Å².